The smallest absolute Gasteiger partial charge is 0.292 e. The maximum absolute atomic E-state index is 12.6. The van der Waals surface area contributed by atoms with E-state index in [-0.39, 0.29) is 18.3 Å². The van der Waals surface area contributed by atoms with Crippen molar-refractivity contribution < 1.29 is 13.9 Å². The number of aryl methyl sites for hydroxylation is 2. The molecule has 5 nitrogen and oxygen atoms in total. The zero-order valence-electron chi connectivity index (χ0n) is 15.6. The van der Waals surface area contributed by atoms with E-state index < -0.39 is 0 Å². The monoisotopic (exact) mass is 392 g/mol. The van der Waals surface area contributed by atoms with Gasteiger partial charge in [-0.2, -0.15) is 5.26 Å². The fourth-order valence-electron chi connectivity index (χ4n) is 3.38. The SMILES string of the molecule is Cc1ccccc1OCc1ccc(C(=O)Nc2sc3c(c2C#N)CCCC3)o1. The molecule has 0 atom stereocenters. The largest absolute Gasteiger partial charge is 0.485 e. The number of nitrogens with zero attached hydrogens (tertiary/aromatic N) is 1. The molecular formula is C22H20N2O3S. The van der Waals surface area contributed by atoms with Gasteiger partial charge in [0.2, 0.25) is 0 Å². The van der Waals surface area contributed by atoms with Crippen LogP contribution in [0.3, 0.4) is 0 Å². The van der Waals surface area contributed by atoms with Crippen LogP contribution in [0.15, 0.2) is 40.8 Å². The van der Waals surface area contributed by atoms with E-state index in [2.05, 4.69) is 11.4 Å². The Balaban J connectivity index is 1.45. The predicted octanol–water partition coefficient (Wildman–Crippen LogP) is 5.23. The van der Waals surface area contributed by atoms with Crippen LogP contribution in [-0.4, -0.2) is 5.91 Å². The van der Waals surface area contributed by atoms with Crippen molar-refractivity contribution in [2.24, 2.45) is 0 Å². The van der Waals surface area contributed by atoms with E-state index in [0.717, 1.165) is 42.6 Å². The van der Waals surface area contributed by atoms with Crippen LogP contribution in [0.1, 0.15) is 50.7 Å². The van der Waals surface area contributed by atoms with Gasteiger partial charge < -0.3 is 14.5 Å². The first-order valence-electron chi connectivity index (χ1n) is 9.29. The van der Waals surface area contributed by atoms with Gasteiger partial charge in [-0.3, -0.25) is 4.79 Å². The Hall–Kier alpha value is -3.04. The molecule has 0 saturated carbocycles. The molecule has 1 N–H and O–H groups in total. The third-order valence-corrected chi connectivity index (χ3v) is 6.07. The molecule has 0 bridgehead atoms. The number of fused-ring (bicyclic) bond motifs is 1. The van der Waals surface area contributed by atoms with E-state index in [4.69, 9.17) is 9.15 Å². The van der Waals surface area contributed by atoms with Gasteiger partial charge in [0.25, 0.3) is 5.91 Å². The number of nitrogens with one attached hydrogen (secondary N) is 1. The Labute approximate surface area is 167 Å². The lowest BCUT2D eigenvalue weighted by Gasteiger charge is -2.09. The topological polar surface area (TPSA) is 75.3 Å². The molecule has 4 rings (SSSR count). The molecule has 1 aliphatic carbocycles. The first kappa shape index (κ1) is 18.3. The predicted molar refractivity (Wildman–Crippen MR) is 108 cm³/mol. The van der Waals surface area contributed by atoms with Crippen molar-refractivity contribution in [2.45, 2.75) is 39.2 Å². The van der Waals surface area contributed by atoms with Crippen molar-refractivity contribution in [3.63, 3.8) is 0 Å². The van der Waals surface area contributed by atoms with Gasteiger partial charge in [0.15, 0.2) is 5.76 Å². The van der Waals surface area contributed by atoms with E-state index in [1.165, 1.54) is 16.2 Å². The number of rotatable bonds is 5. The van der Waals surface area contributed by atoms with Gasteiger partial charge in [0.1, 0.15) is 29.2 Å². The van der Waals surface area contributed by atoms with Crippen LogP contribution in [-0.2, 0) is 19.4 Å². The maximum Gasteiger partial charge on any atom is 0.292 e. The molecule has 1 aliphatic rings. The number of amides is 1. The number of hydrogen-bond acceptors (Lipinski definition) is 5. The van der Waals surface area contributed by atoms with Crippen LogP contribution in [0.25, 0.3) is 0 Å². The van der Waals surface area contributed by atoms with Crippen LogP contribution in [0, 0.1) is 18.3 Å². The molecule has 0 saturated heterocycles. The number of hydrogen-bond donors (Lipinski definition) is 1. The maximum atomic E-state index is 12.6. The van der Waals surface area contributed by atoms with Crippen LogP contribution in [0.5, 0.6) is 5.75 Å². The van der Waals surface area contributed by atoms with Crippen molar-refractivity contribution in [2.75, 3.05) is 5.32 Å². The average molecular weight is 392 g/mol. The summed E-state index contributed by atoms with van der Waals surface area (Å²) in [5.41, 5.74) is 2.74. The zero-order valence-corrected chi connectivity index (χ0v) is 16.4. The van der Waals surface area contributed by atoms with Crippen molar-refractivity contribution >= 4 is 22.2 Å². The number of furan rings is 1. The lowest BCUT2D eigenvalue weighted by Crippen LogP contribution is -2.11. The summed E-state index contributed by atoms with van der Waals surface area (Å²) in [5, 5.41) is 13.0. The molecule has 28 heavy (non-hydrogen) atoms. The summed E-state index contributed by atoms with van der Waals surface area (Å²) in [7, 11) is 0. The number of thiophene rings is 1. The summed E-state index contributed by atoms with van der Waals surface area (Å²) in [4.78, 5) is 13.8. The summed E-state index contributed by atoms with van der Waals surface area (Å²) < 4.78 is 11.4. The highest BCUT2D eigenvalue weighted by molar-refractivity contribution is 7.16. The number of carbonyl (C=O) groups is 1. The molecule has 2 heterocycles. The third-order valence-electron chi connectivity index (χ3n) is 4.86. The van der Waals surface area contributed by atoms with Gasteiger partial charge in [0, 0.05) is 4.88 Å². The Kier molecular flexibility index (Phi) is 5.18. The van der Waals surface area contributed by atoms with Crippen LogP contribution < -0.4 is 10.1 Å². The van der Waals surface area contributed by atoms with Crippen molar-refractivity contribution in [1.29, 1.82) is 5.26 Å². The minimum absolute atomic E-state index is 0.207. The Bertz CT molecular complexity index is 1060. The Morgan fingerprint density at radius 3 is 2.89 bits per heavy atom. The average Bonchev–Trinajstić information content (AvgIpc) is 3.31. The summed E-state index contributed by atoms with van der Waals surface area (Å²) >= 11 is 1.50. The summed E-state index contributed by atoms with van der Waals surface area (Å²) in [6.07, 6.45) is 4.11. The fourth-order valence-corrected chi connectivity index (χ4v) is 4.62. The summed E-state index contributed by atoms with van der Waals surface area (Å²) in [5.74, 6) is 1.21. The first-order valence-corrected chi connectivity index (χ1v) is 10.1. The van der Waals surface area contributed by atoms with Gasteiger partial charge in [-0.15, -0.1) is 11.3 Å². The second-order valence-corrected chi connectivity index (χ2v) is 7.91. The van der Waals surface area contributed by atoms with Gasteiger partial charge in [-0.05, 0) is 61.9 Å². The number of ether oxygens (including phenoxy) is 1. The minimum atomic E-state index is -0.350. The first-order chi connectivity index (χ1) is 13.7. The highest BCUT2D eigenvalue weighted by Crippen LogP contribution is 2.37. The summed E-state index contributed by atoms with van der Waals surface area (Å²) in [6, 6.07) is 13.4. The third kappa shape index (κ3) is 3.67. The molecule has 1 amide bonds. The van der Waals surface area contributed by atoms with Gasteiger partial charge in [-0.25, -0.2) is 0 Å². The Morgan fingerprint density at radius 1 is 1.25 bits per heavy atom. The number of carbonyl (C=O) groups excluding carboxylic acids is 1. The fraction of sp³-hybridized carbons (Fsp3) is 0.273. The zero-order chi connectivity index (χ0) is 19.5. The molecule has 0 spiro atoms. The van der Waals surface area contributed by atoms with Crippen molar-refractivity contribution in [1.82, 2.24) is 0 Å². The van der Waals surface area contributed by atoms with Crippen molar-refractivity contribution in [3.8, 4) is 11.8 Å². The Morgan fingerprint density at radius 2 is 2.07 bits per heavy atom. The van der Waals surface area contributed by atoms with E-state index in [1.54, 1.807) is 12.1 Å². The van der Waals surface area contributed by atoms with E-state index >= 15 is 0 Å². The number of anilines is 1. The highest BCUT2D eigenvalue weighted by Gasteiger charge is 2.23. The molecule has 1 aromatic carbocycles. The lowest BCUT2D eigenvalue weighted by atomic mass is 9.96. The normalized spacial score (nSPS) is 12.9. The molecule has 0 unspecified atom stereocenters. The van der Waals surface area contributed by atoms with Crippen LogP contribution in [0.2, 0.25) is 0 Å². The quantitative estimate of drug-likeness (QED) is 0.645. The van der Waals surface area contributed by atoms with E-state index in [9.17, 15) is 10.1 Å². The van der Waals surface area contributed by atoms with Crippen LogP contribution >= 0.6 is 11.3 Å². The number of nitriles is 1. The minimum Gasteiger partial charge on any atom is -0.485 e. The summed E-state index contributed by atoms with van der Waals surface area (Å²) in [6.45, 7) is 2.22. The number of para-hydroxylation sites is 1. The second kappa shape index (κ2) is 7.91. The van der Waals surface area contributed by atoms with Crippen LogP contribution in [0.4, 0.5) is 5.00 Å². The molecule has 2 aromatic heterocycles. The lowest BCUT2D eigenvalue weighted by molar-refractivity contribution is 0.0993. The molecule has 0 fully saturated rings. The van der Waals surface area contributed by atoms with Crippen molar-refractivity contribution in [3.05, 3.63) is 69.5 Å². The molecule has 142 valence electrons. The van der Waals surface area contributed by atoms with Gasteiger partial charge >= 0.3 is 0 Å². The van der Waals surface area contributed by atoms with E-state index in [1.807, 2.05) is 31.2 Å². The molecular weight excluding hydrogens is 372 g/mol. The standard InChI is InChI=1S/C22H20N2O3S/c1-14-6-2-4-8-18(14)26-13-15-10-11-19(27-15)21(25)24-22-17(12-23)16-7-3-5-9-20(16)28-22/h2,4,6,8,10-11H,3,5,7,9,13H2,1H3,(H,24,25). The second-order valence-electron chi connectivity index (χ2n) is 6.80. The van der Waals surface area contributed by atoms with E-state index in [0.29, 0.717) is 16.3 Å². The molecule has 0 aliphatic heterocycles. The molecule has 0 radical (unpaired) electrons. The molecule has 6 heteroatoms. The van der Waals surface area contributed by atoms with Gasteiger partial charge in [0.05, 0.1) is 5.56 Å². The van der Waals surface area contributed by atoms with Gasteiger partial charge in [-0.1, -0.05) is 18.2 Å². The highest BCUT2D eigenvalue weighted by atomic mass is 32.1. The molecule has 3 aromatic rings. The number of benzene rings is 1.